The van der Waals surface area contributed by atoms with Gasteiger partial charge >= 0.3 is 0 Å². The second-order valence-corrected chi connectivity index (χ2v) is 6.39. The van der Waals surface area contributed by atoms with Crippen molar-refractivity contribution in [3.63, 3.8) is 0 Å². The lowest BCUT2D eigenvalue weighted by molar-refractivity contribution is 0.0427. The predicted molar refractivity (Wildman–Crippen MR) is 97.3 cm³/mol. The second kappa shape index (κ2) is 9.72. The van der Waals surface area contributed by atoms with Crippen LogP contribution in [0, 0.1) is 5.92 Å². The zero-order chi connectivity index (χ0) is 19.0. The summed E-state index contributed by atoms with van der Waals surface area (Å²) in [5.74, 6) is -1.51. The Morgan fingerprint density at radius 1 is 0.923 bits per heavy atom. The molecule has 0 bridgehead atoms. The van der Waals surface area contributed by atoms with Gasteiger partial charge in [0.15, 0.2) is 0 Å². The molecule has 26 heavy (non-hydrogen) atoms. The first kappa shape index (κ1) is 20.4. The van der Waals surface area contributed by atoms with Gasteiger partial charge in [0.05, 0.1) is 19.9 Å². The van der Waals surface area contributed by atoms with E-state index in [1.807, 2.05) is 6.92 Å². The van der Waals surface area contributed by atoms with Crippen molar-refractivity contribution in [3.05, 3.63) is 59.7 Å². The molecule has 2 aromatic carbocycles. The molecule has 0 amide bonds. The van der Waals surface area contributed by atoms with Crippen molar-refractivity contribution >= 4 is 11.6 Å². The SMILES string of the molecule is CC(CCl)COc1ccc(C(F)(F)c2ccc(OCCCF)cc2)cc1. The number of halogens is 4. The minimum Gasteiger partial charge on any atom is -0.494 e. The Labute approximate surface area is 156 Å². The predicted octanol–water partition coefficient (Wildman–Crippen LogP) is 5.82. The van der Waals surface area contributed by atoms with E-state index in [0.29, 0.717) is 24.0 Å². The van der Waals surface area contributed by atoms with Gasteiger partial charge in [-0.25, -0.2) is 0 Å². The van der Waals surface area contributed by atoms with Gasteiger partial charge in [-0.3, -0.25) is 4.39 Å². The molecule has 2 aromatic rings. The molecule has 0 heterocycles. The highest BCUT2D eigenvalue weighted by Gasteiger charge is 2.33. The number of hydrogen-bond donors (Lipinski definition) is 0. The number of benzene rings is 2. The Morgan fingerprint density at radius 2 is 1.42 bits per heavy atom. The lowest BCUT2D eigenvalue weighted by atomic mass is 10.0. The maximum Gasteiger partial charge on any atom is 0.298 e. The smallest absolute Gasteiger partial charge is 0.298 e. The normalized spacial score (nSPS) is 12.7. The van der Waals surface area contributed by atoms with Crippen molar-refractivity contribution in [2.75, 3.05) is 25.8 Å². The highest BCUT2D eigenvalue weighted by molar-refractivity contribution is 6.18. The van der Waals surface area contributed by atoms with Crippen LogP contribution >= 0.6 is 11.6 Å². The van der Waals surface area contributed by atoms with Gasteiger partial charge < -0.3 is 9.47 Å². The van der Waals surface area contributed by atoms with Crippen LogP contribution in [0.1, 0.15) is 24.5 Å². The van der Waals surface area contributed by atoms with Crippen molar-refractivity contribution in [1.82, 2.24) is 0 Å². The summed E-state index contributed by atoms with van der Waals surface area (Å²) in [6.07, 6.45) is 0.274. The van der Waals surface area contributed by atoms with E-state index in [-0.39, 0.29) is 30.1 Å². The van der Waals surface area contributed by atoms with Crippen LogP contribution in [0.15, 0.2) is 48.5 Å². The summed E-state index contributed by atoms with van der Waals surface area (Å²) < 4.78 is 52.2. The second-order valence-electron chi connectivity index (χ2n) is 6.08. The van der Waals surface area contributed by atoms with Crippen molar-refractivity contribution < 1.29 is 22.6 Å². The first-order valence-electron chi connectivity index (χ1n) is 8.43. The van der Waals surface area contributed by atoms with Crippen molar-refractivity contribution in [2.24, 2.45) is 5.92 Å². The van der Waals surface area contributed by atoms with Gasteiger partial charge in [0.1, 0.15) is 11.5 Å². The van der Waals surface area contributed by atoms with Gasteiger partial charge in [-0.05, 0) is 48.5 Å². The van der Waals surface area contributed by atoms with Crippen LogP contribution in [0.2, 0.25) is 0 Å². The summed E-state index contributed by atoms with van der Waals surface area (Å²) in [5.41, 5.74) is -0.263. The fourth-order valence-electron chi connectivity index (χ4n) is 2.22. The van der Waals surface area contributed by atoms with Gasteiger partial charge in [-0.1, -0.05) is 6.92 Å². The Balaban J connectivity index is 2.04. The maximum absolute atomic E-state index is 14.7. The zero-order valence-corrected chi connectivity index (χ0v) is 15.3. The van der Waals surface area contributed by atoms with Crippen molar-refractivity contribution in [3.8, 4) is 11.5 Å². The molecule has 0 aliphatic carbocycles. The molecule has 1 unspecified atom stereocenters. The summed E-state index contributed by atoms with van der Waals surface area (Å²) in [4.78, 5) is 0. The van der Waals surface area contributed by atoms with E-state index in [1.165, 1.54) is 48.5 Å². The molecule has 142 valence electrons. The van der Waals surface area contributed by atoms with Gasteiger partial charge in [0, 0.05) is 29.3 Å². The lowest BCUT2D eigenvalue weighted by Gasteiger charge is -2.18. The maximum atomic E-state index is 14.7. The number of hydrogen-bond acceptors (Lipinski definition) is 2. The van der Waals surface area contributed by atoms with Crippen molar-refractivity contribution in [1.29, 1.82) is 0 Å². The zero-order valence-electron chi connectivity index (χ0n) is 14.6. The Bertz CT molecular complexity index is 660. The molecular formula is C20H22ClF3O2. The minimum absolute atomic E-state index is 0.124. The molecule has 0 N–H and O–H groups in total. The minimum atomic E-state index is -3.14. The third-order valence-corrected chi connectivity index (χ3v) is 4.31. The molecule has 2 rings (SSSR count). The lowest BCUT2D eigenvalue weighted by Crippen LogP contribution is -2.15. The van der Waals surface area contributed by atoms with Crippen molar-refractivity contribution in [2.45, 2.75) is 19.3 Å². The molecule has 0 fully saturated rings. The Kier molecular flexibility index (Phi) is 7.64. The molecule has 6 heteroatoms. The van der Waals surface area contributed by atoms with E-state index in [0.717, 1.165) is 0 Å². The van der Waals surface area contributed by atoms with Crippen LogP contribution in [0.4, 0.5) is 13.2 Å². The summed E-state index contributed by atoms with van der Waals surface area (Å²) in [6, 6.07) is 11.3. The van der Waals surface area contributed by atoms with E-state index in [1.54, 1.807) is 0 Å². The van der Waals surface area contributed by atoms with Crippen LogP contribution < -0.4 is 9.47 Å². The van der Waals surface area contributed by atoms with Crippen LogP contribution in [-0.2, 0) is 5.92 Å². The van der Waals surface area contributed by atoms with E-state index in [9.17, 15) is 13.2 Å². The molecule has 1 atom stereocenters. The van der Waals surface area contributed by atoms with E-state index < -0.39 is 12.6 Å². The van der Waals surface area contributed by atoms with Gasteiger partial charge in [-0.15, -0.1) is 11.6 Å². The summed E-state index contributed by atoms with van der Waals surface area (Å²) >= 11 is 5.71. The quantitative estimate of drug-likeness (QED) is 0.378. The molecule has 0 saturated carbocycles. The summed E-state index contributed by atoms with van der Waals surface area (Å²) in [5, 5.41) is 0. The number of rotatable bonds is 10. The molecule has 0 aliphatic rings. The molecular weight excluding hydrogens is 365 g/mol. The third-order valence-electron chi connectivity index (χ3n) is 3.78. The van der Waals surface area contributed by atoms with E-state index in [4.69, 9.17) is 21.1 Å². The topological polar surface area (TPSA) is 18.5 Å². The molecule has 0 spiro atoms. The van der Waals surface area contributed by atoms with E-state index in [2.05, 4.69) is 0 Å². The summed E-state index contributed by atoms with van der Waals surface area (Å²) in [6.45, 7) is 2.13. The first-order valence-corrected chi connectivity index (χ1v) is 8.97. The average Bonchev–Trinajstić information content (AvgIpc) is 2.67. The van der Waals surface area contributed by atoms with Gasteiger partial charge in [0.2, 0.25) is 0 Å². The molecule has 0 saturated heterocycles. The molecule has 2 nitrogen and oxygen atoms in total. The van der Waals surface area contributed by atoms with Crippen LogP contribution in [0.5, 0.6) is 11.5 Å². The van der Waals surface area contributed by atoms with Gasteiger partial charge in [-0.2, -0.15) is 8.78 Å². The highest BCUT2D eigenvalue weighted by atomic mass is 35.5. The monoisotopic (exact) mass is 386 g/mol. The van der Waals surface area contributed by atoms with Gasteiger partial charge in [0.25, 0.3) is 5.92 Å². The highest BCUT2D eigenvalue weighted by Crippen LogP contribution is 2.37. The Morgan fingerprint density at radius 3 is 1.88 bits per heavy atom. The summed E-state index contributed by atoms with van der Waals surface area (Å²) in [7, 11) is 0. The van der Waals surface area contributed by atoms with Crippen LogP contribution in [0.25, 0.3) is 0 Å². The standard InChI is InChI=1S/C20H22ClF3O2/c1-15(13-21)14-26-19-9-5-17(6-10-19)20(23,24)16-3-7-18(8-4-16)25-12-2-11-22/h3-10,15H,2,11-14H2,1H3. The van der Waals surface area contributed by atoms with Crippen LogP contribution in [-0.4, -0.2) is 25.8 Å². The molecule has 0 radical (unpaired) electrons. The molecule has 0 aromatic heterocycles. The Hall–Kier alpha value is -1.88. The fraction of sp³-hybridized carbons (Fsp3) is 0.400. The number of alkyl halides is 4. The van der Waals surface area contributed by atoms with Crippen LogP contribution in [0.3, 0.4) is 0 Å². The first-order chi connectivity index (χ1) is 12.5. The van der Waals surface area contributed by atoms with E-state index >= 15 is 0 Å². The molecule has 0 aliphatic heterocycles. The largest absolute Gasteiger partial charge is 0.494 e. The average molecular weight is 387 g/mol. The fourth-order valence-corrected chi connectivity index (χ4v) is 2.30. The number of ether oxygens (including phenoxy) is 2. The third kappa shape index (κ3) is 5.56.